The number of anilines is 1. The van der Waals surface area contributed by atoms with E-state index in [2.05, 4.69) is 22.3 Å². The zero-order valence-corrected chi connectivity index (χ0v) is 18.3. The molecule has 0 aromatic heterocycles. The molecule has 6 heteroatoms. The van der Waals surface area contributed by atoms with Crippen LogP contribution < -0.4 is 14.8 Å². The largest absolute Gasteiger partial charge is 0.497 e. The number of carbonyl (C=O) groups is 1. The fourth-order valence-electron chi connectivity index (χ4n) is 4.08. The molecule has 1 fully saturated rings. The van der Waals surface area contributed by atoms with Crippen LogP contribution in [0.4, 0.5) is 10.5 Å². The first kappa shape index (κ1) is 22.0. The van der Waals surface area contributed by atoms with Crippen molar-refractivity contribution in [2.75, 3.05) is 52.8 Å². The summed E-state index contributed by atoms with van der Waals surface area (Å²) in [5, 5.41) is 2.96. The van der Waals surface area contributed by atoms with Crippen LogP contribution in [-0.4, -0.2) is 63.3 Å². The van der Waals surface area contributed by atoms with E-state index in [1.807, 2.05) is 43.4 Å². The topological polar surface area (TPSA) is 54.0 Å². The Hall–Kier alpha value is -2.73. The van der Waals surface area contributed by atoms with Crippen LogP contribution in [0.3, 0.4) is 0 Å². The Balaban J connectivity index is 1.48. The highest BCUT2D eigenvalue weighted by atomic mass is 16.5. The van der Waals surface area contributed by atoms with Gasteiger partial charge in [0.1, 0.15) is 11.5 Å². The molecule has 0 saturated carbocycles. The molecular weight excluding hydrogens is 378 g/mol. The summed E-state index contributed by atoms with van der Waals surface area (Å²) in [6, 6.07) is 15.6. The van der Waals surface area contributed by atoms with Gasteiger partial charge in [0.15, 0.2) is 0 Å². The summed E-state index contributed by atoms with van der Waals surface area (Å²) < 4.78 is 10.7. The molecule has 1 aliphatic rings. The first-order valence-electron chi connectivity index (χ1n) is 10.6. The maximum atomic E-state index is 12.6. The molecule has 0 spiro atoms. The second-order valence-corrected chi connectivity index (χ2v) is 7.91. The van der Waals surface area contributed by atoms with Crippen molar-refractivity contribution in [1.29, 1.82) is 0 Å². The Morgan fingerprint density at radius 1 is 1.17 bits per heavy atom. The molecule has 0 unspecified atom stereocenters. The lowest BCUT2D eigenvalue weighted by atomic mass is 9.97. The van der Waals surface area contributed by atoms with Crippen LogP contribution in [-0.2, 0) is 6.42 Å². The second kappa shape index (κ2) is 10.9. The summed E-state index contributed by atoms with van der Waals surface area (Å²) in [6.07, 6.45) is 3.30. The molecule has 0 bridgehead atoms. The molecule has 3 rings (SSSR count). The molecule has 6 nitrogen and oxygen atoms in total. The number of ether oxygens (including phenoxy) is 2. The summed E-state index contributed by atoms with van der Waals surface area (Å²) in [6.45, 7) is 3.90. The van der Waals surface area contributed by atoms with E-state index in [9.17, 15) is 4.79 Å². The highest BCUT2D eigenvalue weighted by molar-refractivity contribution is 5.89. The number of carbonyl (C=O) groups excluding carboxylic acids is 1. The lowest BCUT2D eigenvalue weighted by Gasteiger charge is -2.34. The summed E-state index contributed by atoms with van der Waals surface area (Å²) in [7, 11) is 5.21. The minimum atomic E-state index is -0.0885. The summed E-state index contributed by atoms with van der Waals surface area (Å²) in [5.41, 5.74) is 1.99. The average molecular weight is 412 g/mol. The van der Waals surface area contributed by atoms with E-state index < -0.39 is 0 Å². The highest BCUT2D eigenvalue weighted by Crippen LogP contribution is 2.22. The Labute approximate surface area is 179 Å². The maximum Gasteiger partial charge on any atom is 0.321 e. The number of benzene rings is 2. The molecule has 0 aliphatic carbocycles. The molecule has 1 N–H and O–H groups in total. The Kier molecular flexibility index (Phi) is 7.97. The Morgan fingerprint density at radius 2 is 2.00 bits per heavy atom. The highest BCUT2D eigenvalue weighted by Gasteiger charge is 2.23. The van der Waals surface area contributed by atoms with Crippen LogP contribution in [0.15, 0.2) is 48.5 Å². The van der Waals surface area contributed by atoms with Gasteiger partial charge in [0.2, 0.25) is 0 Å². The van der Waals surface area contributed by atoms with Crippen LogP contribution in [0, 0.1) is 5.92 Å². The summed E-state index contributed by atoms with van der Waals surface area (Å²) >= 11 is 0. The van der Waals surface area contributed by atoms with Gasteiger partial charge in [-0.2, -0.15) is 0 Å². The molecule has 30 heavy (non-hydrogen) atoms. The van der Waals surface area contributed by atoms with Gasteiger partial charge in [-0.3, -0.25) is 0 Å². The zero-order valence-electron chi connectivity index (χ0n) is 18.3. The standard InChI is InChI=1S/C24H33N3O3/c1-26(24(28)25-21-10-6-11-22(16-21)29-2)17-19-8-7-14-27(18-19)15-13-20-9-4-5-12-23(20)30-3/h4-6,9-12,16,19H,7-8,13-15,17-18H2,1-3H3,(H,25,28)/t19-/m0/s1. The van der Waals surface area contributed by atoms with Crippen molar-refractivity contribution in [3.05, 3.63) is 54.1 Å². The Bertz CT molecular complexity index is 827. The molecule has 2 amide bonds. The number of para-hydroxylation sites is 1. The van der Waals surface area contributed by atoms with E-state index in [-0.39, 0.29) is 6.03 Å². The monoisotopic (exact) mass is 411 g/mol. The number of hydrogen-bond acceptors (Lipinski definition) is 4. The van der Waals surface area contributed by atoms with Gasteiger partial charge >= 0.3 is 6.03 Å². The van der Waals surface area contributed by atoms with Crippen LogP contribution in [0.25, 0.3) is 0 Å². The van der Waals surface area contributed by atoms with E-state index in [1.165, 1.54) is 12.0 Å². The normalized spacial score (nSPS) is 16.7. The third-order valence-electron chi connectivity index (χ3n) is 5.69. The van der Waals surface area contributed by atoms with Crippen molar-refractivity contribution >= 4 is 11.7 Å². The number of nitrogens with one attached hydrogen (secondary N) is 1. The van der Waals surface area contributed by atoms with Crippen LogP contribution in [0.1, 0.15) is 18.4 Å². The second-order valence-electron chi connectivity index (χ2n) is 7.91. The van der Waals surface area contributed by atoms with E-state index in [4.69, 9.17) is 9.47 Å². The molecule has 1 heterocycles. The molecule has 2 aromatic rings. The van der Waals surface area contributed by atoms with Crippen molar-refractivity contribution < 1.29 is 14.3 Å². The number of likely N-dealkylation sites (tertiary alicyclic amines) is 1. The van der Waals surface area contributed by atoms with Gasteiger partial charge in [-0.05, 0) is 55.5 Å². The van der Waals surface area contributed by atoms with E-state index in [1.54, 1.807) is 19.1 Å². The van der Waals surface area contributed by atoms with Gasteiger partial charge in [-0.25, -0.2) is 4.79 Å². The van der Waals surface area contributed by atoms with Gasteiger partial charge in [-0.15, -0.1) is 0 Å². The van der Waals surface area contributed by atoms with Gasteiger partial charge in [-0.1, -0.05) is 24.3 Å². The van der Waals surface area contributed by atoms with Crippen molar-refractivity contribution in [3.63, 3.8) is 0 Å². The van der Waals surface area contributed by atoms with Gasteiger partial charge in [0.05, 0.1) is 14.2 Å². The van der Waals surface area contributed by atoms with Gasteiger partial charge in [0.25, 0.3) is 0 Å². The third-order valence-corrected chi connectivity index (χ3v) is 5.69. The van der Waals surface area contributed by atoms with Crippen molar-refractivity contribution in [2.45, 2.75) is 19.3 Å². The number of piperidine rings is 1. The molecule has 0 radical (unpaired) electrons. The smallest absolute Gasteiger partial charge is 0.321 e. The van der Waals surface area contributed by atoms with Crippen LogP contribution >= 0.6 is 0 Å². The van der Waals surface area contributed by atoms with E-state index >= 15 is 0 Å². The minimum Gasteiger partial charge on any atom is -0.497 e. The number of nitrogens with zero attached hydrogens (tertiary/aromatic N) is 2. The lowest BCUT2D eigenvalue weighted by molar-refractivity contribution is 0.150. The van der Waals surface area contributed by atoms with Crippen LogP contribution in [0.2, 0.25) is 0 Å². The predicted molar refractivity (Wildman–Crippen MR) is 121 cm³/mol. The van der Waals surface area contributed by atoms with Crippen molar-refractivity contribution in [3.8, 4) is 11.5 Å². The fraction of sp³-hybridized carbons (Fsp3) is 0.458. The predicted octanol–water partition coefficient (Wildman–Crippen LogP) is 4.12. The molecular formula is C24H33N3O3. The first-order valence-corrected chi connectivity index (χ1v) is 10.6. The lowest BCUT2D eigenvalue weighted by Crippen LogP contribution is -2.43. The minimum absolute atomic E-state index is 0.0885. The number of amides is 2. The van der Waals surface area contributed by atoms with Crippen molar-refractivity contribution in [2.24, 2.45) is 5.92 Å². The summed E-state index contributed by atoms with van der Waals surface area (Å²) in [4.78, 5) is 16.9. The molecule has 1 aliphatic heterocycles. The third kappa shape index (κ3) is 6.13. The molecule has 162 valence electrons. The number of methoxy groups -OCH3 is 2. The number of hydrogen-bond donors (Lipinski definition) is 1. The quantitative estimate of drug-likeness (QED) is 0.710. The van der Waals surface area contributed by atoms with Crippen LogP contribution in [0.5, 0.6) is 11.5 Å². The first-order chi connectivity index (χ1) is 14.6. The molecule has 1 atom stereocenters. The zero-order chi connectivity index (χ0) is 21.3. The molecule has 2 aromatic carbocycles. The Morgan fingerprint density at radius 3 is 2.80 bits per heavy atom. The SMILES string of the molecule is COc1cccc(NC(=O)N(C)C[C@@H]2CCCN(CCc3ccccc3OC)C2)c1. The van der Waals surface area contributed by atoms with Gasteiger partial charge in [0, 0.05) is 38.4 Å². The van der Waals surface area contributed by atoms with Gasteiger partial charge < -0.3 is 24.6 Å². The number of rotatable bonds is 8. The summed E-state index contributed by atoms with van der Waals surface area (Å²) in [5.74, 6) is 2.17. The van der Waals surface area contributed by atoms with Crippen molar-refractivity contribution in [1.82, 2.24) is 9.80 Å². The average Bonchev–Trinajstić information content (AvgIpc) is 2.78. The van der Waals surface area contributed by atoms with E-state index in [0.717, 1.165) is 56.2 Å². The van der Waals surface area contributed by atoms with E-state index in [0.29, 0.717) is 5.92 Å². The maximum absolute atomic E-state index is 12.6. The molecule has 1 saturated heterocycles. The fourth-order valence-corrected chi connectivity index (χ4v) is 4.08. The number of urea groups is 1.